The van der Waals surface area contributed by atoms with Crippen molar-refractivity contribution in [3.8, 4) is 0 Å². The quantitative estimate of drug-likeness (QED) is 0.682. The molecule has 126 valence electrons. The fourth-order valence-electron chi connectivity index (χ4n) is 3.00. The van der Waals surface area contributed by atoms with Crippen molar-refractivity contribution in [2.24, 2.45) is 0 Å². The highest BCUT2D eigenvalue weighted by molar-refractivity contribution is 5.97. The predicted molar refractivity (Wildman–Crippen MR) is 101 cm³/mol. The highest BCUT2D eigenvalue weighted by atomic mass is 16.1. The Hall–Kier alpha value is -3.60. The van der Waals surface area contributed by atoms with Gasteiger partial charge >= 0.3 is 0 Å². The molecular formula is C21H16N4O. The number of hydrogen-bond donors (Lipinski definition) is 0. The Balaban J connectivity index is 1.88. The molecule has 0 aliphatic carbocycles. The van der Waals surface area contributed by atoms with Crippen molar-refractivity contribution in [2.45, 2.75) is 6.04 Å². The van der Waals surface area contributed by atoms with E-state index in [1.54, 1.807) is 12.4 Å². The Morgan fingerprint density at radius 1 is 0.885 bits per heavy atom. The first kappa shape index (κ1) is 15.9. The summed E-state index contributed by atoms with van der Waals surface area (Å²) >= 11 is 0. The average molecular weight is 340 g/mol. The summed E-state index contributed by atoms with van der Waals surface area (Å²) in [5.74, 6) is 0. The molecule has 0 saturated heterocycles. The summed E-state index contributed by atoms with van der Waals surface area (Å²) in [4.78, 5) is 18.4. The Morgan fingerprint density at radius 2 is 1.69 bits per heavy atom. The third-order valence-corrected chi connectivity index (χ3v) is 4.22. The van der Waals surface area contributed by atoms with Crippen LogP contribution >= 0.6 is 0 Å². The van der Waals surface area contributed by atoms with Gasteiger partial charge in [-0.3, -0.25) is 4.98 Å². The van der Waals surface area contributed by atoms with Crippen LogP contribution in [0.4, 0.5) is 5.69 Å². The number of carbonyl (C=O) groups is 1. The summed E-state index contributed by atoms with van der Waals surface area (Å²) in [6.45, 7) is 0. The maximum absolute atomic E-state index is 12.0. The molecule has 4 rings (SSSR count). The van der Waals surface area contributed by atoms with E-state index in [2.05, 4.69) is 15.2 Å². The number of rotatable bonds is 4. The Bertz CT molecular complexity index is 953. The predicted octanol–water partition coefficient (Wildman–Crippen LogP) is 3.38. The molecule has 0 bridgehead atoms. The fraction of sp³-hybridized carbons (Fsp3) is 0.0476. The first-order chi connectivity index (χ1) is 12.9. The molecule has 0 spiro atoms. The Kier molecular flexibility index (Phi) is 4.35. The first-order valence-corrected chi connectivity index (χ1v) is 8.28. The van der Waals surface area contributed by atoms with Gasteiger partial charge in [0.25, 0.3) is 0 Å². The normalized spacial score (nSPS) is 16.6. The minimum atomic E-state index is -0.485. The zero-order valence-electron chi connectivity index (χ0n) is 13.9. The van der Waals surface area contributed by atoms with Crippen LogP contribution in [0, 0.1) is 0 Å². The molecule has 1 aliphatic rings. The lowest BCUT2D eigenvalue weighted by molar-refractivity contribution is -0.107. The van der Waals surface area contributed by atoms with Gasteiger partial charge in [0.15, 0.2) is 0 Å². The standard InChI is InChI=1S/C21H16N4O/c26-15-21-18(20-10-6-12-23-24-20)13-16(19-9-4-5-11-22-19)14-25(21)17-7-2-1-3-8-17/h1-15,21H. The number of aldehydes is 1. The number of carbonyl (C=O) groups excluding carboxylic acids is 1. The summed E-state index contributed by atoms with van der Waals surface area (Å²) in [5.41, 5.74) is 4.13. The number of allylic oxidation sites excluding steroid dienone is 2. The topological polar surface area (TPSA) is 59.0 Å². The lowest BCUT2D eigenvalue weighted by atomic mass is 9.94. The van der Waals surface area contributed by atoms with Gasteiger partial charge in [-0.15, -0.1) is 0 Å². The van der Waals surface area contributed by atoms with Crippen LogP contribution in [0.5, 0.6) is 0 Å². The highest BCUT2D eigenvalue weighted by Crippen LogP contribution is 2.33. The van der Waals surface area contributed by atoms with E-state index in [0.717, 1.165) is 28.8 Å². The van der Waals surface area contributed by atoms with Crippen LogP contribution in [-0.4, -0.2) is 27.5 Å². The van der Waals surface area contributed by atoms with Crippen LogP contribution in [0.25, 0.3) is 11.1 Å². The van der Waals surface area contributed by atoms with E-state index in [0.29, 0.717) is 5.69 Å². The third-order valence-electron chi connectivity index (χ3n) is 4.22. The second-order valence-electron chi connectivity index (χ2n) is 5.83. The van der Waals surface area contributed by atoms with Crippen molar-refractivity contribution in [1.82, 2.24) is 15.2 Å². The monoisotopic (exact) mass is 340 g/mol. The number of aromatic nitrogens is 3. The van der Waals surface area contributed by atoms with E-state index in [4.69, 9.17) is 0 Å². The van der Waals surface area contributed by atoms with Gasteiger partial charge in [0.1, 0.15) is 12.3 Å². The van der Waals surface area contributed by atoms with Crippen LogP contribution in [-0.2, 0) is 4.79 Å². The molecule has 5 heteroatoms. The fourth-order valence-corrected chi connectivity index (χ4v) is 3.00. The van der Waals surface area contributed by atoms with Crippen molar-refractivity contribution in [2.75, 3.05) is 4.90 Å². The number of hydrogen-bond acceptors (Lipinski definition) is 5. The second kappa shape index (κ2) is 7.11. The molecule has 0 fully saturated rings. The maximum atomic E-state index is 12.0. The first-order valence-electron chi connectivity index (χ1n) is 8.28. The van der Waals surface area contributed by atoms with Crippen LogP contribution in [0.15, 0.2) is 85.3 Å². The lowest BCUT2D eigenvalue weighted by Gasteiger charge is -2.32. The maximum Gasteiger partial charge on any atom is 0.147 e. The van der Waals surface area contributed by atoms with E-state index in [1.165, 1.54) is 0 Å². The van der Waals surface area contributed by atoms with E-state index >= 15 is 0 Å². The molecule has 3 aromatic rings. The van der Waals surface area contributed by atoms with E-state index in [9.17, 15) is 4.79 Å². The van der Waals surface area contributed by atoms with Crippen LogP contribution in [0.1, 0.15) is 11.4 Å². The summed E-state index contributed by atoms with van der Waals surface area (Å²) in [5, 5.41) is 8.17. The zero-order chi connectivity index (χ0) is 17.8. The number of anilines is 1. The average Bonchev–Trinajstić information content (AvgIpc) is 2.74. The minimum absolute atomic E-state index is 0.485. The Labute approximate surface area is 151 Å². The largest absolute Gasteiger partial charge is 0.333 e. The van der Waals surface area contributed by atoms with Gasteiger partial charge < -0.3 is 9.69 Å². The van der Waals surface area contributed by atoms with Crippen LogP contribution in [0.3, 0.4) is 0 Å². The van der Waals surface area contributed by atoms with E-state index in [1.807, 2.05) is 77.8 Å². The molecule has 0 radical (unpaired) electrons. The van der Waals surface area contributed by atoms with E-state index in [-0.39, 0.29) is 0 Å². The molecule has 26 heavy (non-hydrogen) atoms. The van der Waals surface area contributed by atoms with Gasteiger partial charge in [0, 0.05) is 35.4 Å². The van der Waals surface area contributed by atoms with Gasteiger partial charge in [0.2, 0.25) is 0 Å². The molecule has 3 heterocycles. The molecule has 0 N–H and O–H groups in total. The molecule has 2 aromatic heterocycles. The van der Waals surface area contributed by atoms with Gasteiger partial charge in [0.05, 0.1) is 11.4 Å². The van der Waals surface area contributed by atoms with Crippen molar-refractivity contribution < 1.29 is 4.79 Å². The zero-order valence-corrected chi connectivity index (χ0v) is 13.9. The summed E-state index contributed by atoms with van der Waals surface area (Å²) in [6.07, 6.45) is 8.22. The molecule has 1 unspecified atom stereocenters. The Morgan fingerprint density at radius 3 is 2.38 bits per heavy atom. The number of nitrogens with zero attached hydrogens (tertiary/aromatic N) is 4. The van der Waals surface area contributed by atoms with Gasteiger partial charge in [-0.25, -0.2) is 0 Å². The molecule has 1 aromatic carbocycles. The summed E-state index contributed by atoms with van der Waals surface area (Å²) in [7, 11) is 0. The van der Waals surface area contributed by atoms with Gasteiger partial charge in [-0.2, -0.15) is 10.2 Å². The van der Waals surface area contributed by atoms with Crippen molar-refractivity contribution in [3.05, 3.63) is 96.7 Å². The van der Waals surface area contributed by atoms with Crippen LogP contribution < -0.4 is 4.90 Å². The number of benzene rings is 1. The van der Waals surface area contributed by atoms with Crippen molar-refractivity contribution in [3.63, 3.8) is 0 Å². The lowest BCUT2D eigenvalue weighted by Crippen LogP contribution is -2.36. The summed E-state index contributed by atoms with van der Waals surface area (Å²) in [6, 6.07) is 18.8. The van der Waals surface area contributed by atoms with E-state index < -0.39 is 6.04 Å². The van der Waals surface area contributed by atoms with Crippen molar-refractivity contribution in [1.29, 1.82) is 0 Å². The molecule has 0 amide bonds. The SMILES string of the molecule is O=CC1C(c2cccnn2)=CC(c2ccccn2)=CN1c1ccccc1. The van der Waals surface area contributed by atoms with Gasteiger partial charge in [-0.1, -0.05) is 24.3 Å². The molecule has 1 aliphatic heterocycles. The van der Waals surface area contributed by atoms with Crippen molar-refractivity contribution >= 4 is 23.1 Å². The molecule has 5 nitrogen and oxygen atoms in total. The molecule has 1 atom stereocenters. The number of para-hydroxylation sites is 1. The molecule has 0 saturated carbocycles. The molecular weight excluding hydrogens is 324 g/mol. The van der Waals surface area contributed by atoms with Crippen LogP contribution in [0.2, 0.25) is 0 Å². The highest BCUT2D eigenvalue weighted by Gasteiger charge is 2.28. The third kappa shape index (κ3) is 3.02. The summed E-state index contributed by atoms with van der Waals surface area (Å²) < 4.78 is 0. The minimum Gasteiger partial charge on any atom is -0.333 e. The van der Waals surface area contributed by atoms with Gasteiger partial charge in [-0.05, 0) is 42.5 Å². The number of pyridine rings is 1. The smallest absolute Gasteiger partial charge is 0.147 e. The second-order valence-corrected chi connectivity index (χ2v) is 5.83.